The summed E-state index contributed by atoms with van der Waals surface area (Å²) < 4.78 is 11.9. The lowest BCUT2D eigenvalue weighted by Gasteiger charge is -2.36. The van der Waals surface area contributed by atoms with E-state index >= 15 is 0 Å². The van der Waals surface area contributed by atoms with Crippen LogP contribution in [0.5, 0.6) is 0 Å². The molecule has 406 valence electrons. The van der Waals surface area contributed by atoms with Gasteiger partial charge in [-0.25, -0.2) is 4.79 Å². The summed E-state index contributed by atoms with van der Waals surface area (Å²) in [6, 6.07) is 1.47. The summed E-state index contributed by atoms with van der Waals surface area (Å²) in [5.41, 5.74) is -0.742. The van der Waals surface area contributed by atoms with Crippen LogP contribution in [-0.4, -0.2) is 176 Å². The van der Waals surface area contributed by atoms with Gasteiger partial charge >= 0.3 is 11.9 Å². The molecule has 3 saturated heterocycles. The van der Waals surface area contributed by atoms with Crippen molar-refractivity contribution in [3.8, 4) is 0 Å². The molecule has 1 unspecified atom stereocenters. The normalized spacial score (nSPS) is 29.9. The molecule has 4 fully saturated rings. The summed E-state index contributed by atoms with van der Waals surface area (Å²) in [7, 11) is 2.86. The first-order chi connectivity index (χ1) is 34.2. The van der Waals surface area contributed by atoms with E-state index in [-0.39, 0.29) is 56.5 Å². The number of rotatable bonds is 12. The molecule has 1 aromatic carbocycles. The molecule has 5 N–H and O–H groups in total. The Kier molecular flexibility index (Phi) is 19.6. The van der Waals surface area contributed by atoms with Crippen LogP contribution < -0.4 is 16.0 Å². The molecule has 3 heterocycles. The highest BCUT2D eigenvalue weighted by Gasteiger charge is 2.65. The van der Waals surface area contributed by atoms with Gasteiger partial charge in [-0.05, 0) is 87.5 Å². The van der Waals surface area contributed by atoms with Crippen molar-refractivity contribution < 1.29 is 62.8 Å². The van der Waals surface area contributed by atoms with Crippen LogP contribution in [0, 0.1) is 29.6 Å². The topological polar surface area (TPSA) is 262 Å². The Bertz CT molecular complexity index is 2190. The van der Waals surface area contributed by atoms with Crippen LogP contribution in [0.15, 0.2) is 30.3 Å². The van der Waals surface area contributed by atoms with E-state index in [1.54, 1.807) is 58.0 Å². The van der Waals surface area contributed by atoms with Gasteiger partial charge < -0.3 is 55.2 Å². The first kappa shape index (κ1) is 58.3. The number of cyclic esters (lactones) is 2. The number of ether oxygens (including phenoxy) is 2. The average molecular weight is 1020 g/mol. The number of likely N-dealkylation sites (tertiary alicyclic amines) is 1. The lowest BCUT2D eigenvalue weighted by atomic mass is 9.95. The van der Waals surface area contributed by atoms with E-state index in [0.717, 1.165) is 0 Å². The Labute approximate surface area is 430 Å². The third-order valence-corrected chi connectivity index (χ3v) is 15.0. The number of carbonyl (C=O) groups excluding carboxylic acids is 9. The van der Waals surface area contributed by atoms with Crippen LogP contribution in [0.4, 0.5) is 0 Å². The van der Waals surface area contributed by atoms with Gasteiger partial charge in [0.05, 0.1) is 18.6 Å². The Morgan fingerprint density at radius 3 is 2.10 bits per heavy atom. The SMILES string of the molecule is CC(C)C[C@H](C(=O)NC1C(=O)N[C@H](C(C)C)[C@@H](O)CC(=O)O[C@@H](C(C)C)C(=O)N[C@]2(C[C@@H]2C(C)C)C(=O)N2CCC[C@H]2C(=O)N(C)[C@@H](Cc2ccccc2)C(=O)O[C@@H]1C)N(C)C(=O)[C@@H]1CCCN1C(=O)[C@H](C)O. The minimum absolute atomic E-state index is 0.0424. The monoisotopic (exact) mass is 1020 g/mol. The second-order valence-corrected chi connectivity index (χ2v) is 22.1. The highest BCUT2D eigenvalue weighted by Crippen LogP contribution is 2.50. The molecule has 0 aromatic heterocycles. The molecular formula is C53H81N7O13. The van der Waals surface area contributed by atoms with Crippen LogP contribution in [0.25, 0.3) is 0 Å². The van der Waals surface area contributed by atoms with Gasteiger partial charge in [0.15, 0.2) is 6.10 Å². The molecule has 73 heavy (non-hydrogen) atoms. The van der Waals surface area contributed by atoms with Crippen LogP contribution in [0.2, 0.25) is 0 Å². The maximum absolute atomic E-state index is 14.9. The van der Waals surface area contributed by atoms with Gasteiger partial charge in [0.1, 0.15) is 48.0 Å². The van der Waals surface area contributed by atoms with Gasteiger partial charge in [-0.2, -0.15) is 0 Å². The Morgan fingerprint density at radius 2 is 1.52 bits per heavy atom. The molecule has 12 atom stereocenters. The highest BCUT2D eigenvalue weighted by molar-refractivity contribution is 6.00. The molecule has 4 aliphatic rings. The van der Waals surface area contributed by atoms with Crippen molar-refractivity contribution in [2.75, 3.05) is 27.2 Å². The molecule has 7 amide bonds. The van der Waals surface area contributed by atoms with E-state index in [9.17, 15) is 53.4 Å². The van der Waals surface area contributed by atoms with Gasteiger partial charge in [0.25, 0.3) is 11.8 Å². The summed E-state index contributed by atoms with van der Waals surface area (Å²) in [5.74, 6) is -8.23. The number of aliphatic hydroxyl groups is 2. The number of carbonyl (C=O) groups is 9. The van der Waals surface area contributed by atoms with Gasteiger partial charge in [-0.15, -0.1) is 0 Å². The summed E-state index contributed by atoms with van der Waals surface area (Å²) >= 11 is 0. The highest BCUT2D eigenvalue weighted by atomic mass is 16.6. The maximum Gasteiger partial charge on any atom is 0.329 e. The zero-order valence-electron chi connectivity index (χ0n) is 44.8. The molecule has 3 aliphatic heterocycles. The fraction of sp³-hybridized carbons (Fsp3) is 0.717. The van der Waals surface area contributed by atoms with Gasteiger partial charge in [-0.3, -0.25) is 38.4 Å². The first-order valence-electron chi connectivity index (χ1n) is 26.1. The zero-order chi connectivity index (χ0) is 54.4. The Balaban J connectivity index is 1.58. The second kappa shape index (κ2) is 24.6. The van der Waals surface area contributed by atoms with Crippen molar-refractivity contribution in [2.24, 2.45) is 29.6 Å². The third kappa shape index (κ3) is 13.6. The average Bonchev–Trinajstić information content (AvgIpc) is 3.60. The molecule has 0 radical (unpaired) electrons. The van der Waals surface area contributed by atoms with E-state index in [4.69, 9.17) is 9.47 Å². The molecular weight excluding hydrogens is 943 g/mol. The third-order valence-electron chi connectivity index (χ3n) is 15.0. The summed E-state index contributed by atoms with van der Waals surface area (Å²) in [6.45, 7) is 17.4. The summed E-state index contributed by atoms with van der Waals surface area (Å²) in [4.78, 5) is 134. The van der Waals surface area contributed by atoms with E-state index in [0.29, 0.717) is 24.8 Å². The first-order valence-corrected chi connectivity index (χ1v) is 26.1. The molecule has 1 aliphatic carbocycles. The lowest BCUT2D eigenvalue weighted by molar-refractivity contribution is -0.162. The number of fused-ring (bicyclic) bond motifs is 1. The number of hydrogen-bond donors (Lipinski definition) is 5. The van der Waals surface area contributed by atoms with Crippen molar-refractivity contribution in [3.63, 3.8) is 0 Å². The summed E-state index contributed by atoms with van der Waals surface area (Å²) in [5, 5.41) is 30.2. The largest absolute Gasteiger partial charge is 0.458 e. The van der Waals surface area contributed by atoms with E-state index < -0.39 is 138 Å². The van der Waals surface area contributed by atoms with Crippen LogP contribution >= 0.6 is 0 Å². The number of nitrogens with one attached hydrogen (secondary N) is 3. The number of esters is 2. The second-order valence-electron chi connectivity index (χ2n) is 22.1. The van der Waals surface area contributed by atoms with Crippen LogP contribution in [0.1, 0.15) is 120 Å². The van der Waals surface area contributed by atoms with Gasteiger partial charge in [-0.1, -0.05) is 85.7 Å². The van der Waals surface area contributed by atoms with Crippen LogP contribution in [0.3, 0.4) is 0 Å². The molecule has 20 heteroatoms. The fourth-order valence-corrected chi connectivity index (χ4v) is 10.7. The predicted molar refractivity (Wildman–Crippen MR) is 267 cm³/mol. The van der Waals surface area contributed by atoms with E-state index in [2.05, 4.69) is 16.0 Å². The van der Waals surface area contributed by atoms with Crippen LogP contribution in [-0.2, 0) is 59.0 Å². The van der Waals surface area contributed by atoms with Gasteiger partial charge in [0.2, 0.25) is 29.5 Å². The smallest absolute Gasteiger partial charge is 0.329 e. The van der Waals surface area contributed by atoms with Crippen molar-refractivity contribution >= 4 is 53.3 Å². The minimum Gasteiger partial charge on any atom is -0.458 e. The van der Waals surface area contributed by atoms with Crippen molar-refractivity contribution in [3.05, 3.63) is 35.9 Å². The Morgan fingerprint density at radius 1 is 0.877 bits per heavy atom. The number of amides is 7. The molecule has 20 nitrogen and oxygen atoms in total. The molecule has 0 bridgehead atoms. The van der Waals surface area contributed by atoms with E-state index in [1.807, 2.05) is 27.7 Å². The fourth-order valence-electron chi connectivity index (χ4n) is 10.7. The quantitative estimate of drug-likeness (QED) is 0.187. The molecule has 1 spiro atoms. The van der Waals surface area contributed by atoms with Crippen molar-refractivity contribution in [1.82, 2.24) is 35.6 Å². The zero-order valence-corrected chi connectivity index (χ0v) is 44.8. The van der Waals surface area contributed by atoms with E-state index in [1.165, 1.54) is 47.5 Å². The summed E-state index contributed by atoms with van der Waals surface area (Å²) in [6.07, 6.45) is -4.66. The Hall–Kier alpha value is -5.63. The number of nitrogens with zero attached hydrogens (tertiary/aromatic N) is 4. The standard InChI is InChI=1S/C53H81N7O13/c1-28(2)24-38(57(11)49(68)36-20-16-22-59(36)48(67)32(9)61)45(64)55-43-33(10)72-51(70)39(25-34-18-14-13-15-19-34)58(12)50(69)37-21-17-23-60(37)52(71)53(27-35(53)29(3)4)56-47(66)44(31(7)8)73-41(63)26-40(62)42(30(5)6)54-46(43)65/h13-15,18-19,28-33,35-40,42-44,61-62H,16-17,20-27H2,1-12H3,(H,54,65)(H,55,64)(H,56,66)/t32-,33+,35+,36-,37-,38+,39-,40-,42+,43?,44-,53-/m0/s1. The number of benzene rings is 1. The van der Waals surface area contributed by atoms with Crippen molar-refractivity contribution in [2.45, 2.75) is 187 Å². The number of likely N-dealkylation sites (N-methyl/N-ethyl adjacent to an activating group) is 2. The molecule has 1 aromatic rings. The van der Waals surface area contributed by atoms with Crippen molar-refractivity contribution in [1.29, 1.82) is 0 Å². The molecule has 1 saturated carbocycles. The molecule has 5 rings (SSSR count). The lowest BCUT2D eigenvalue weighted by Crippen LogP contribution is -2.62. The maximum atomic E-state index is 14.9. The van der Waals surface area contributed by atoms with Gasteiger partial charge in [0, 0.05) is 33.6 Å². The minimum atomic E-state index is -1.71. The number of hydrogen-bond acceptors (Lipinski definition) is 13. The predicted octanol–water partition coefficient (Wildman–Crippen LogP) is 1.71. The number of aliphatic hydroxyl groups excluding tert-OH is 2.